The summed E-state index contributed by atoms with van der Waals surface area (Å²) in [4.78, 5) is 0. The smallest absolute Gasteiger partial charge is 0.0644 e. The van der Waals surface area contributed by atoms with Crippen LogP contribution in [-0.2, 0) is 7.05 Å². The van der Waals surface area contributed by atoms with Crippen LogP contribution in [0.2, 0.25) is 0 Å². The standard InChI is InChI=1S/C15H27N3/c1-10(14-8-6-7-9-14)16-11(2)15-12(3)17-18(5)13(15)4/h10-11,14,16H,6-9H2,1-5H3/t10-,11?/m1/s1. The Labute approximate surface area is 111 Å². The van der Waals surface area contributed by atoms with Crippen LogP contribution in [0.15, 0.2) is 0 Å². The van der Waals surface area contributed by atoms with Crippen molar-refractivity contribution in [2.75, 3.05) is 0 Å². The molecule has 0 spiro atoms. The second-order valence-corrected chi connectivity index (χ2v) is 5.93. The fourth-order valence-electron chi connectivity index (χ4n) is 3.49. The van der Waals surface area contributed by atoms with Gasteiger partial charge >= 0.3 is 0 Å². The van der Waals surface area contributed by atoms with Crippen LogP contribution in [0.1, 0.15) is 62.5 Å². The molecule has 0 radical (unpaired) electrons. The Kier molecular flexibility index (Phi) is 4.10. The van der Waals surface area contributed by atoms with Gasteiger partial charge in [-0.05, 0) is 46.5 Å². The van der Waals surface area contributed by atoms with Crippen LogP contribution in [-0.4, -0.2) is 15.8 Å². The van der Waals surface area contributed by atoms with Crippen molar-refractivity contribution >= 4 is 0 Å². The summed E-state index contributed by atoms with van der Waals surface area (Å²) in [5, 5.41) is 8.29. The molecule has 0 saturated heterocycles. The highest BCUT2D eigenvalue weighted by atomic mass is 15.3. The molecule has 2 rings (SSSR count). The minimum absolute atomic E-state index is 0.397. The highest BCUT2D eigenvalue weighted by molar-refractivity contribution is 5.27. The van der Waals surface area contributed by atoms with E-state index in [1.807, 2.05) is 11.7 Å². The lowest BCUT2D eigenvalue weighted by atomic mass is 9.97. The van der Waals surface area contributed by atoms with E-state index < -0.39 is 0 Å². The zero-order valence-corrected chi connectivity index (χ0v) is 12.5. The maximum absolute atomic E-state index is 4.51. The monoisotopic (exact) mass is 249 g/mol. The Balaban J connectivity index is 2.04. The van der Waals surface area contributed by atoms with Gasteiger partial charge in [0.15, 0.2) is 0 Å². The van der Waals surface area contributed by atoms with Crippen LogP contribution < -0.4 is 5.32 Å². The molecule has 1 aliphatic rings. The summed E-state index contributed by atoms with van der Waals surface area (Å²) >= 11 is 0. The first-order valence-electron chi connectivity index (χ1n) is 7.26. The van der Waals surface area contributed by atoms with E-state index in [1.54, 1.807) is 0 Å². The molecule has 1 aromatic rings. The van der Waals surface area contributed by atoms with E-state index in [0.717, 1.165) is 11.6 Å². The van der Waals surface area contributed by atoms with E-state index in [1.165, 1.54) is 36.9 Å². The van der Waals surface area contributed by atoms with Crippen molar-refractivity contribution in [3.8, 4) is 0 Å². The van der Waals surface area contributed by atoms with E-state index in [0.29, 0.717) is 12.1 Å². The SMILES string of the molecule is Cc1nn(C)c(C)c1C(C)N[C@H](C)C1CCCC1. The topological polar surface area (TPSA) is 29.9 Å². The second-order valence-electron chi connectivity index (χ2n) is 5.93. The number of nitrogens with one attached hydrogen (secondary N) is 1. The number of aromatic nitrogens is 2. The summed E-state index contributed by atoms with van der Waals surface area (Å²) in [6, 6.07) is 1.01. The molecule has 0 bridgehead atoms. The molecule has 3 nitrogen and oxygen atoms in total. The fourth-order valence-corrected chi connectivity index (χ4v) is 3.49. The zero-order valence-electron chi connectivity index (χ0n) is 12.5. The van der Waals surface area contributed by atoms with Crippen molar-refractivity contribution in [1.82, 2.24) is 15.1 Å². The van der Waals surface area contributed by atoms with E-state index in [-0.39, 0.29) is 0 Å². The van der Waals surface area contributed by atoms with Crippen LogP contribution >= 0.6 is 0 Å². The van der Waals surface area contributed by atoms with Crippen LogP contribution in [0.5, 0.6) is 0 Å². The first kappa shape index (κ1) is 13.6. The van der Waals surface area contributed by atoms with Crippen molar-refractivity contribution in [3.63, 3.8) is 0 Å². The summed E-state index contributed by atoms with van der Waals surface area (Å²) in [6.07, 6.45) is 5.61. The predicted octanol–water partition coefficient (Wildman–Crippen LogP) is 3.27. The Morgan fingerprint density at radius 1 is 1.22 bits per heavy atom. The van der Waals surface area contributed by atoms with Gasteiger partial charge in [-0.2, -0.15) is 5.10 Å². The van der Waals surface area contributed by atoms with Crippen molar-refractivity contribution in [1.29, 1.82) is 0 Å². The number of hydrogen-bond acceptors (Lipinski definition) is 2. The highest BCUT2D eigenvalue weighted by Gasteiger charge is 2.24. The number of nitrogens with zero attached hydrogens (tertiary/aromatic N) is 2. The molecular formula is C15H27N3. The molecule has 0 aromatic carbocycles. The largest absolute Gasteiger partial charge is 0.307 e. The lowest BCUT2D eigenvalue weighted by Crippen LogP contribution is -2.34. The van der Waals surface area contributed by atoms with Gasteiger partial charge in [-0.25, -0.2) is 0 Å². The normalized spacial score (nSPS) is 20.3. The maximum atomic E-state index is 4.51. The Morgan fingerprint density at radius 3 is 2.33 bits per heavy atom. The Bertz CT molecular complexity index is 402. The summed E-state index contributed by atoms with van der Waals surface area (Å²) in [7, 11) is 2.03. The molecule has 1 N–H and O–H groups in total. The molecule has 1 aromatic heterocycles. The van der Waals surface area contributed by atoms with Crippen LogP contribution in [0.3, 0.4) is 0 Å². The molecule has 3 heteroatoms. The van der Waals surface area contributed by atoms with Gasteiger partial charge < -0.3 is 5.32 Å². The van der Waals surface area contributed by atoms with Gasteiger partial charge in [-0.3, -0.25) is 4.68 Å². The summed E-state index contributed by atoms with van der Waals surface area (Å²) < 4.78 is 1.99. The first-order valence-corrected chi connectivity index (χ1v) is 7.26. The fraction of sp³-hybridized carbons (Fsp3) is 0.800. The molecule has 0 aliphatic heterocycles. The third-order valence-electron chi connectivity index (χ3n) is 4.62. The Hall–Kier alpha value is -0.830. The average molecular weight is 249 g/mol. The second kappa shape index (κ2) is 5.43. The first-order chi connectivity index (χ1) is 8.50. The third-order valence-corrected chi connectivity index (χ3v) is 4.62. The van der Waals surface area contributed by atoms with Gasteiger partial charge in [-0.1, -0.05) is 12.8 Å². The van der Waals surface area contributed by atoms with E-state index in [9.17, 15) is 0 Å². The number of rotatable bonds is 4. The lowest BCUT2D eigenvalue weighted by Gasteiger charge is -2.25. The molecule has 0 amide bonds. The predicted molar refractivity (Wildman–Crippen MR) is 75.7 cm³/mol. The van der Waals surface area contributed by atoms with Crippen LogP contribution in [0.4, 0.5) is 0 Å². The molecule has 1 heterocycles. The van der Waals surface area contributed by atoms with Crippen molar-refractivity contribution in [3.05, 3.63) is 17.0 Å². The third kappa shape index (κ3) is 2.61. The van der Waals surface area contributed by atoms with Gasteiger partial charge in [0.05, 0.1) is 5.69 Å². The van der Waals surface area contributed by atoms with Gasteiger partial charge in [0.25, 0.3) is 0 Å². The molecule has 1 unspecified atom stereocenters. The van der Waals surface area contributed by atoms with Crippen LogP contribution in [0.25, 0.3) is 0 Å². The van der Waals surface area contributed by atoms with Gasteiger partial charge in [0.1, 0.15) is 0 Å². The minimum Gasteiger partial charge on any atom is -0.307 e. The summed E-state index contributed by atoms with van der Waals surface area (Å²) in [5.41, 5.74) is 3.82. The molecule has 102 valence electrons. The molecule has 18 heavy (non-hydrogen) atoms. The summed E-state index contributed by atoms with van der Waals surface area (Å²) in [5.74, 6) is 0.865. The lowest BCUT2D eigenvalue weighted by molar-refractivity contribution is 0.351. The summed E-state index contributed by atoms with van der Waals surface area (Å²) in [6.45, 7) is 8.88. The van der Waals surface area contributed by atoms with Gasteiger partial charge in [0, 0.05) is 30.4 Å². The van der Waals surface area contributed by atoms with Crippen LogP contribution in [0, 0.1) is 19.8 Å². The van der Waals surface area contributed by atoms with Crippen molar-refractivity contribution in [2.24, 2.45) is 13.0 Å². The molecule has 1 saturated carbocycles. The molecule has 2 atom stereocenters. The van der Waals surface area contributed by atoms with Crippen molar-refractivity contribution in [2.45, 2.75) is 65.5 Å². The van der Waals surface area contributed by atoms with Gasteiger partial charge in [0.2, 0.25) is 0 Å². The number of aryl methyl sites for hydroxylation is 2. The minimum atomic E-state index is 0.397. The maximum Gasteiger partial charge on any atom is 0.0644 e. The van der Waals surface area contributed by atoms with E-state index in [2.05, 4.69) is 38.1 Å². The average Bonchev–Trinajstić information content (AvgIpc) is 2.88. The van der Waals surface area contributed by atoms with E-state index >= 15 is 0 Å². The van der Waals surface area contributed by atoms with Gasteiger partial charge in [-0.15, -0.1) is 0 Å². The number of hydrogen-bond donors (Lipinski definition) is 1. The van der Waals surface area contributed by atoms with Crippen molar-refractivity contribution < 1.29 is 0 Å². The quantitative estimate of drug-likeness (QED) is 0.887. The van der Waals surface area contributed by atoms with E-state index in [4.69, 9.17) is 0 Å². The highest BCUT2D eigenvalue weighted by Crippen LogP contribution is 2.29. The Morgan fingerprint density at radius 2 is 1.83 bits per heavy atom. The zero-order chi connectivity index (χ0) is 13.3. The molecule has 1 aliphatic carbocycles. The molecule has 1 fully saturated rings. The molecular weight excluding hydrogens is 222 g/mol.